The number of nitrogens with zero attached hydrogens (tertiary/aromatic N) is 1. The summed E-state index contributed by atoms with van der Waals surface area (Å²) in [5.74, 6) is 0.639. The Labute approximate surface area is 198 Å². The van der Waals surface area contributed by atoms with Gasteiger partial charge in [0.05, 0.1) is 0 Å². The summed E-state index contributed by atoms with van der Waals surface area (Å²) in [5.41, 5.74) is 2.26. The predicted octanol–water partition coefficient (Wildman–Crippen LogP) is 4.30. The van der Waals surface area contributed by atoms with Crippen molar-refractivity contribution in [2.45, 2.75) is 39.6 Å². The lowest BCUT2D eigenvalue weighted by molar-refractivity contribution is -0.0504. The van der Waals surface area contributed by atoms with Crippen LogP contribution >= 0.6 is 24.0 Å². The van der Waals surface area contributed by atoms with Crippen molar-refractivity contribution in [3.63, 3.8) is 0 Å². The first-order chi connectivity index (χ1) is 14.4. The average Bonchev–Trinajstić information content (AvgIpc) is 2.69. The molecule has 0 aliphatic rings. The molecule has 0 aliphatic carbocycles. The SMILES string of the molecule is CN=C(NCc1ccc(NC(=O)NC(C)C)cc1)NCc1ccccc1OC(F)F.I. The molecule has 170 valence electrons. The van der Waals surface area contributed by atoms with Crippen molar-refractivity contribution in [2.24, 2.45) is 4.99 Å². The lowest BCUT2D eigenvalue weighted by Crippen LogP contribution is -2.36. The highest BCUT2D eigenvalue weighted by Gasteiger charge is 2.09. The topological polar surface area (TPSA) is 86.8 Å². The summed E-state index contributed by atoms with van der Waals surface area (Å²) < 4.78 is 29.6. The van der Waals surface area contributed by atoms with E-state index in [0.29, 0.717) is 23.8 Å². The first kappa shape index (κ1) is 26.4. The number of rotatable bonds is 8. The molecule has 0 aromatic heterocycles. The Hall–Kier alpha value is -2.63. The maximum absolute atomic E-state index is 12.5. The number of carbonyl (C=O) groups excluding carboxylic acids is 1. The number of hydrogen-bond donors (Lipinski definition) is 4. The fourth-order valence-corrected chi connectivity index (χ4v) is 2.58. The van der Waals surface area contributed by atoms with Crippen molar-refractivity contribution < 1.29 is 18.3 Å². The molecule has 4 N–H and O–H groups in total. The molecule has 0 aliphatic heterocycles. The van der Waals surface area contributed by atoms with Crippen LogP contribution in [-0.2, 0) is 13.1 Å². The van der Waals surface area contributed by atoms with E-state index < -0.39 is 6.61 Å². The Balaban J connectivity index is 0.00000480. The highest BCUT2D eigenvalue weighted by molar-refractivity contribution is 14.0. The molecule has 0 saturated heterocycles. The third-order valence-electron chi connectivity index (χ3n) is 3.95. The summed E-state index contributed by atoms with van der Waals surface area (Å²) in [7, 11) is 1.62. The Morgan fingerprint density at radius 3 is 2.29 bits per heavy atom. The third-order valence-corrected chi connectivity index (χ3v) is 3.95. The molecule has 31 heavy (non-hydrogen) atoms. The van der Waals surface area contributed by atoms with Gasteiger partial charge in [0.15, 0.2) is 5.96 Å². The number of guanidine groups is 1. The Bertz CT molecular complexity index is 848. The number of carbonyl (C=O) groups is 1. The number of benzene rings is 2. The molecule has 2 amide bonds. The zero-order chi connectivity index (χ0) is 21.9. The molecule has 7 nitrogen and oxygen atoms in total. The second-order valence-corrected chi connectivity index (χ2v) is 6.72. The van der Waals surface area contributed by atoms with E-state index in [1.807, 2.05) is 38.1 Å². The van der Waals surface area contributed by atoms with Crippen LogP contribution in [0.3, 0.4) is 0 Å². The fourth-order valence-electron chi connectivity index (χ4n) is 2.58. The van der Waals surface area contributed by atoms with Crippen LogP contribution in [0.25, 0.3) is 0 Å². The molecule has 0 saturated carbocycles. The summed E-state index contributed by atoms with van der Waals surface area (Å²) >= 11 is 0. The number of aliphatic imine (C=N–C) groups is 1. The number of halogens is 3. The number of hydrogen-bond acceptors (Lipinski definition) is 3. The van der Waals surface area contributed by atoms with Gasteiger partial charge in [-0.3, -0.25) is 4.99 Å². The number of amides is 2. The molecule has 10 heteroatoms. The molecule has 0 bridgehead atoms. The number of alkyl halides is 2. The van der Waals surface area contributed by atoms with E-state index in [1.165, 1.54) is 6.07 Å². The molecule has 2 rings (SSSR count). The summed E-state index contributed by atoms with van der Waals surface area (Å²) in [6.45, 7) is 1.67. The molecule has 0 fully saturated rings. The van der Waals surface area contributed by atoms with Crippen molar-refractivity contribution in [3.8, 4) is 5.75 Å². The summed E-state index contributed by atoms with van der Waals surface area (Å²) in [6.07, 6.45) is 0. The molecule has 0 atom stereocenters. The van der Waals surface area contributed by atoms with Gasteiger partial charge in [-0.25, -0.2) is 4.79 Å². The van der Waals surface area contributed by atoms with Crippen molar-refractivity contribution in [1.82, 2.24) is 16.0 Å². The molecular formula is C21H28F2IN5O2. The van der Waals surface area contributed by atoms with Crippen LogP contribution in [0.15, 0.2) is 53.5 Å². The molecule has 0 spiro atoms. The Morgan fingerprint density at radius 1 is 1.03 bits per heavy atom. The largest absolute Gasteiger partial charge is 0.434 e. The Morgan fingerprint density at radius 2 is 1.68 bits per heavy atom. The minimum absolute atomic E-state index is 0. The van der Waals surface area contributed by atoms with Gasteiger partial charge in [-0.05, 0) is 37.6 Å². The summed E-state index contributed by atoms with van der Waals surface area (Å²) in [6, 6.07) is 13.8. The predicted molar refractivity (Wildman–Crippen MR) is 129 cm³/mol. The highest BCUT2D eigenvalue weighted by atomic mass is 127. The van der Waals surface area contributed by atoms with Crippen LogP contribution in [0.2, 0.25) is 0 Å². The number of anilines is 1. The van der Waals surface area contributed by atoms with Gasteiger partial charge in [0.1, 0.15) is 5.75 Å². The number of nitrogens with one attached hydrogen (secondary N) is 4. The van der Waals surface area contributed by atoms with E-state index in [4.69, 9.17) is 0 Å². The van der Waals surface area contributed by atoms with Crippen LogP contribution in [0, 0.1) is 0 Å². The minimum atomic E-state index is -2.88. The molecule has 0 heterocycles. The maximum Gasteiger partial charge on any atom is 0.387 e. The molecule has 0 unspecified atom stereocenters. The van der Waals surface area contributed by atoms with Crippen molar-refractivity contribution >= 4 is 41.7 Å². The van der Waals surface area contributed by atoms with Crippen molar-refractivity contribution in [1.29, 1.82) is 0 Å². The standard InChI is InChI=1S/C21H27F2N5O2.HI/c1-14(2)27-21(29)28-17-10-8-15(9-11-17)12-25-20(24-3)26-13-16-6-4-5-7-18(16)30-19(22)23;/h4-11,14,19H,12-13H2,1-3H3,(H2,24,25,26)(H2,27,28,29);1H. The number of urea groups is 1. The van der Waals surface area contributed by atoms with Gasteiger partial charge >= 0.3 is 12.6 Å². The first-order valence-corrected chi connectivity index (χ1v) is 9.51. The minimum Gasteiger partial charge on any atom is -0.434 e. The van der Waals surface area contributed by atoms with E-state index in [9.17, 15) is 13.6 Å². The van der Waals surface area contributed by atoms with Gasteiger partial charge in [0, 0.05) is 37.4 Å². The van der Waals surface area contributed by atoms with Crippen LogP contribution in [-0.4, -0.2) is 31.7 Å². The van der Waals surface area contributed by atoms with Gasteiger partial charge in [-0.2, -0.15) is 8.78 Å². The second-order valence-electron chi connectivity index (χ2n) is 6.72. The normalized spacial score (nSPS) is 11.0. The van der Waals surface area contributed by atoms with Gasteiger partial charge in [-0.15, -0.1) is 24.0 Å². The lowest BCUT2D eigenvalue weighted by atomic mass is 10.2. The lowest BCUT2D eigenvalue weighted by Gasteiger charge is -2.15. The van der Waals surface area contributed by atoms with E-state index in [0.717, 1.165) is 5.56 Å². The van der Waals surface area contributed by atoms with Crippen molar-refractivity contribution in [2.75, 3.05) is 12.4 Å². The van der Waals surface area contributed by atoms with Crippen LogP contribution in [0.5, 0.6) is 5.75 Å². The maximum atomic E-state index is 12.5. The van der Waals surface area contributed by atoms with Crippen molar-refractivity contribution in [3.05, 3.63) is 59.7 Å². The average molecular weight is 547 g/mol. The van der Waals surface area contributed by atoms with E-state index in [1.54, 1.807) is 25.2 Å². The van der Waals surface area contributed by atoms with Gasteiger partial charge in [0.25, 0.3) is 0 Å². The van der Waals surface area contributed by atoms with Gasteiger partial charge in [-0.1, -0.05) is 30.3 Å². The zero-order valence-corrected chi connectivity index (χ0v) is 19.9. The molecule has 2 aromatic carbocycles. The van der Waals surface area contributed by atoms with Crippen LogP contribution in [0.1, 0.15) is 25.0 Å². The Kier molecular flexibility index (Phi) is 11.6. The monoisotopic (exact) mass is 547 g/mol. The molecule has 2 aromatic rings. The third kappa shape index (κ3) is 9.81. The number of ether oxygens (including phenoxy) is 1. The fraction of sp³-hybridized carbons (Fsp3) is 0.333. The smallest absolute Gasteiger partial charge is 0.387 e. The second kappa shape index (κ2) is 13.6. The van der Waals surface area contributed by atoms with E-state index in [2.05, 4.69) is 31.0 Å². The van der Waals surface area contributed by atoms with Gasteiger partial charge < -0.3 is 26.0 Å². The quantitative estimate of drug-likeness (QED) is 0.226. The number of para-hydroxylation sites is 1. The van der Waals surface area contributed by atoms with E-state index in [-0.39, 0.29) is 48.3 Å². The van der Waals surface area contributed by atoms with Crippen LogP contribution < -0.4 is 26.0 Å². The zero-order valence-electron chi connectivity index (χ0n) is 17.6. The molecule has 0 radical (unpaired) electrons. The highest BCUT2D eigenvalue weighted by Crippen LogP contribution is 2.19. The first-order valence-electron chi connectivity index (χ1n) is 9.51. The molecular weight excluding hydrogens is 519 g/mol. The van der Waals surface area contributed by atoms with Gasteiger partial charge in [0.2, 0.25) is 0 Å². The van der Waals surface area contributed by atoms with E-state index >= 15 is 0 Å². The summed E-state index contributed by atoms with van der Waals surface area (Å²) in [4.78, 5) is 15.9. The van der Waals surface area contributed by atoms with Crippen LogP contribution in [0.4, 0.5) is 19.3 Å². The summed E-state index contributed by atoms with van der Waals surface area (Å²) in [5, 5.41) is 11.7.